The van der Waals surface area contributed by atoms with E-state index in [9.17, 15) is 0 Å². The van der Waals surface area contributed by atoms with Gasteiger partial charge in [-0.2, -0.15) is 0 Å². The van der Waals surface area contributed by atoms with Gasteiger partial charge in [0.05, 0.1) is 0 Å². The molecule has 0 amide bonds. The highest BCUT2D eigenvalue weighted by atomic mass is 15.0. The number of aryl methyl sites for hydroxylation is 1. The van der Waals surface area contributed by atoms with Crippen LogP contribution in [0.25, 0.3) is 0 Å². The molecule has 2 aromatic rings. The summed E-state index contributed by atoms with van der Waals surface area (Å²) < 4.78 is 0. The minimum Gasteiger partial charge on any atom is -0.309 e. The Morgan fingerprint density at radius 2 is 1.54 bits per heavy atom. The number of hydrogen-bond acceptors (Lipinski definition) is 1. The van der Waals surface area contributed by atoms with Gasteiger partial charge in [-0.05, 0) is 73.5 Å². The summed E-state index contributed by atoms with van der Waals surface area (Å²) in [6.07, 6.45) is 8.33. The van der Waals surface area contributed by atoms with E-state index < -0.39 is 0 Å². The lowest BCUT2D eigenvalue weighted by Gasteiger charge is -2.54. The van der Waals surface area contributed by atoms with Crippen LogP contribution in [0.1, 0.15) is 61.1 Å². The van der Waals surface area contributed by atoms with Crippen molar-refractivity contribution in [2.75, 3.05) is 0 Å². The average molecular weight is 319 g/mol. The predicted molar refractivity (Wildman–Crippen MR) is 101 cm³/mol. The number of nitrogens with one attached hydrogen (secondary N) is 1. The van der Waals surface area contributed by atoms with Crippen molar-refractivity contribution in [1.29, 1.82) is 0 Å². The predicted octanol–water partition coefficient (Wildman–Crippen LogP) is 5.59. The molecule has 2 fully saturated rings. The molecule has 0 saturated heterocycles. The normalized spacial score (nSPS) is 29.4. The van der Waals surface area contributed by atoms with Crippen LogP contribution in [-0.2, 0) is 6.54 Å². The highest BCUT2D eigenvalue weighted by molar-refractivity contribution is 5.26. The lowest BCUT2D eigenvalue weighted by molar-refractivity contribution is 0.0164. The summed E-state index contributed by atoms with van der Waals surface area (Å²) in [5.41, 5.74) is 5.01. The SMILES string of the molecule is Cc1ccccc1CN[C@H]1CCC12CCC(c1ccccc1)CC2. The van der Waals surface area contributed by atoms with Gasteiger partial charge in [-0.15, -0.1) is 0 Å². The van der Waals surface area contributed by atoms with Crippen molar-refractivity contribution in [1.82, 2.24) is 5.32 Å². The molecule has 2 aliphatic rings. The average Bonchev–Trinajstić information content (AvgIpc) is 2.63. The van der Waals surface area contributed by atoms with Crippen molar-refractivity contribution in [2.45, 2.75) is 64.0 Å². The fraction of sp³-hybridized carbons (Fsp3) is 0.478. The van der Waals surface area contributed by atoms with Crippen LogP contribution < -0.4 is 5.32 Å². The van der Waals surface area contributed by atoms with Gasteiger partial charge in [-0.3, -0.25) is 0 Å². The zero-order chi connectivity index (χ0) is 16.4. The maximum atomic E-state index is 3.89. The molecule has 1 heteroatoms. The molecular weight excluding hydrogens is 290 g/mol. The Morgan fingerprint density at radius 1 is 0.875 bits per heavy atom. The molecule has 1 spiro atoms. The van der Waals surface area contributed by atoms with Crippen molar-refractivity contribution >= 4 is 0 Å². The van der Waals surface area contributed by atoms with E-state index in [1.54, 1.807) is 5.56 Å². The van der Waals surface area contributed by atoms with Gasteiger partial charge in [-0.1, -0.05) is 54.6 Å². The quantitative estimate of drug-likeness (QED) is 0.774. The summed E-state index contributed by atoms with van der Waals surface area (Å²) in [7, 11) is 0. The third kappa shape index (κ3) is 3.02. The lowest BCUT2D eigenvalue weighted by atomic mass is 9.55. The Hall–Kier alpha value is -1.60. The maximum Gasteiger partial charge on any atom is 0.0210 e. The zero-order valence-electron chi connectivity index (χ0n) is 14.8. The summed E-state index contributed by atoms with van der Waals surface area (Å²) in [4.78, 5) is 0. The Balaban J connectivity index is 1.35. The van der Waals surface area contributed by atoms with Crippen molar-refractivity contribution in [3.8, 4) is 0 Å². The largest absolute Gasteiger partial charge is 0.309 e. The minimum absolute atomic E-state index is 0.591. The van der Waals surface area contributed by atoms with Crippen LogP contribution in [0.2, 0.25) is 0 Å². The standard InChI is InChI=1S/C23H29N/c1-18-7-5-6-10-21(18)17-24-22-13-16-23(22)14-11-20(12-15-23)19-8-3-2-4-9-19/h2-10,20,22,24H,11-17H2,1H3/t20?,22-,23?/m0/s1. The Labute approximate surface area is 146 Å². The monoisotopic (exact) mass is 319 g/mol. The van der Waals surface area contributed by atoms with E-state index >= 15 is 0 Å². The number of hydrogen-bond donors (Lipinski definition) is 1. The first-order valence-electron chi connectivity index (χ1n) is 9.60. The second-order valence-electron chi connectivity index (χ2n) is 7.95. The fourth-order valence-electron chi connectivity index (χ4n) is 4.91. The van der Waals surface area contributed by atoms with Gasteiger partial charge >= 0.3 is 0 Å². The highest BCUT2D eigenvalue weighted by Crippen LogP contribution is 2.54. The Bertz CT molecular complexity index is 667. The maximum absolute atomic E-state index is 3.89. The van der Waals surface area contributed by atoms with Crippen LogP contribution in [0.4, 0.5) is 0 Å². The molecule has 2 aliphatic carbocycles. The molecule has 0 heterocycles. The van der Waals surface area contributed by atoms with E-state index in [0.29, 0.717) is 5.41 Å². The van der Waals surface area contributed by atoms with E-state index in [4.69, 9.17) is 0 Å². The summed E-state index contributed by atoms with van der Waals surface area (Å²) in [5.74, 6) is 0.787. The molecule has 1 atom stereocenters. The smallest absolute Gasteiger partial charge is 0.0210 e. The molecule has 0 aromatic heterocycles. The molecule has 2 aromatic carbocycles. The molecule has 0 aliphatic heterocycles. The van der Waals surface area contributed by atoms with Crippen LogP contribution in [-0.4, -0.2) is 6.04 Å². The lowest BCUT2D eigenvalue weighted by Crippen LogP contribution is -2.54. The second kappa shape index (κ2) is 6.72. The Kier molecular flexibility index (Phi) is 4.45. The van der Waals surface area contributed by atoms with Crippen LogP contribution in [0.3, 0.4) is 0 Å². The summed E-state index contributed by atoms with van der Waals surface area (Å²) in [6.45, 7) is 3.25. The van der Waals surface area contributed by atoms with Crippen LogP contribution >= 0.6 is 0 Å². The molecule has 0 radical (unpaired) electrons. The van der Waals surface area contributed by atoms with Gasteiger partial charge in [0, 0.05) is 12.6 Å². The van der Waals surface area contributed by atoms with E-state index in [0.717, 1.165) is 18.5 Å². The van der Waals surface area contributed by atoms with Gasteiger partial charge in [0.2, 0.25) is 0 Å². The molecule has 126 valence electrons. The highest BCUT2D eigenvalue weighted by Gasteiger charge is 2.47. The number of rotatable bonds is 4. The molecule has 24 heavy (non-hydrogen) atoms. The third-order valence-corrected chi connectivity index (χ3v) is 6.72. The summed E-state index contributed by atoms with van der Waals surface area (Å²) >= 11 is 0. The Morgan fingerprint density at radius 3 is 2.21 bits per heavy atom. The molecule has 1 N–H and O–H groups in total. The molecular formula is C23H29N. The fourth-order valence-corrected chi connectivity index (χ4v) is 4.91. The van der Waals surface area contributed by atoms with Crippen molar-refractivity contribution in [3.63, 3.8) is 0 Å². The third-order valence-electron chi connectivity index (χ3n) is 6.72. The van der Waals surface area contributed by atoms with Crippen molar-refractivity contribution < 1.29 is 0 Å². The second-order valence-corrected chi connectivity index (χ2v) is 7.95. The van der Waals surface area contributed by atoms with E-state index in [-0.39, 0.29) is 0 Å². The van der Waals surface area contributed by atoms with E-state index in [2.05, 4.69) is 66.8 Å². The molecule has 2 saturated carbocycles. The molecule has 4 rings (SSSR count). The van der Waals surface area contributed by atoms with Gasteiger partial charge in [0.15, 0.2) is 0 Å². The van der Waals surface area contributed by atoms with E-state index in [1.807, 2.05) is 0 Å². The molecule has 0 unspecified atom stereocenters. The molecule has 1 nitrogen and oxygen atoms in total. The van der Waals surface area contributed by atoms with Gasteiger partial charge < -0.3 is 5.32 Å². The first-order chi connectivity index (χ1) is 11.8. The van der Waals surface area contributed by atoms with Gasteiger partial charge in [0.1, 0.15) is 0 Å². The van der Waals surface area contributed by atoms with Crippen LogP contribution in [0.15, 0.2) is 54.6 Å². The van der Waals surface area contributed by atoms with Gasteiger partial charge in [0.25, 0.3) is 0 Å². The van der Waals surface area contributed by atoms with E-state index in [1.165, 1.54) is 49.7 Å². The molecule has 0 bridgehead atoms. The van der Waals surface area contributed by atoms with Crippen molar-refractivity contribution in [3.05, 3.63) is 71.3 Å². The first kappa shape index (κ1) is 15.9. The number of benzene rings is 2. The van der Waals surface area contributed by atoms with Crippen molar-refractivity contribution in [2.24, 2.45) is 5.41 Å². The summed E-state index contributed by atoms with van der Waals surface area (Å²) in [6, 6.07) is 20.7. The summed E-state index contributed by atoms with van der Waals surface area (Å²) in [5, 5.41) is 3.89. The first-order valence-corrected chi connectivity index (χ1v) is 9.60. The zero-order valence-corrected chi connectivity index (χ0v) is 14.8. The van der Waals surface area contributed by atoms with Gasteiger partial charge in [-0.25, -0.2) is 0 Å². The van der Waals surface area contributed by atoms with Crippen LogP contribution in [0.5, 0.6) is 0 Å². The topological polar surface area (TPSA) is 12.0 Å². The van der Waals surface area contributed by atoms with Crippen LogP contribution in [0, 0.1) is 12.3 Å². The minimum atomic E-state index is 0.591.